The van der Waals surface area contributed by atoms with Gasteiger partial charge >= 0.3 is 5.97 Å². The van der Waals surface area contributed by atoms with Crippen LogP contribution in [0.1, 0.15) is 72.8 Å². The van der Waals surface area contributed by atoms with Gasteiger partial charge in [-0.15, -0.1) is 0 Å². The number of benzene rings is 1. The number of aliphatic carboxylic acids is 1. The Morgan fingerprint density at radius 3 is 2.03 bits per heavy atom. The minimum absolute atomic E-state index is 0.0854. The third-order valence-electron chi connectivity index (χ3n) is 5.39. The number of amides is 2. The maximum Gasteiger partial charge on any atom is 0.304 e. The number of carbonyl (C=O) groups excluding carboxylic acids is 2. The smallest absolute Gasteiger partial charge is 0.304 e. The van der Waals surface area contributed by atoms with E-state index in [-0.39, 0.29) is 17.7 Å². The van der Waals surface area contributed by atoms with E-state index in [1.54, 1.807) is 0 Å². The first-order chi connectivity index (χ1) is 14.8. The Morgan fingerprint density at radius 2 is 1.56 bits per heavy atom. The van der Waals surface area contributed by atoms with Gasteiger partial charge in [-0.1, -0.05) is 53.7 Å². The van der Waals surface area contributed by atoms with Crippen molar-refractivity contribution in [2.45, 2.75) is 78.7 Å². The second-order valence-corrected chi connectivity index (χ2v) is 10.3. The van der Waals surface area contributed by atoms with Crippen LogP contribution in [0.3, 0.4) is 0 Å². The lowest BCUT2D eigenvalue weighted by molar-refractivity contribution is -0.142. The summed E-state index contributed by atoms with van der Waals surface area (Å²) in [6.45, 7) is 12.5. The van der Waals surface area contributed by atoms with Crippen LogP contribution in [-0.2, 0) is 19.8 Å². The van der Waals surface area contributed by atoms with Crippen molar-refractivity contribution in [3.05, 3.63) is 29.8 Å². The van der Waals surface area contributed by atoms with Crippen LogP contribution in [-0.4, -0.2) is 42.6 Å². The highest BCUT2D eigenvalue weighted by Gasteiger charge is 2.34. The number of rotatable bonds is 11. The first-order valence-electron chi connectivity index (χ1n) is 11.2. The van der Waals surface area contributed by atoms with E-state index in [9.17, 15) is 19.5 Å². The Labute approximate surface area is 192 Å². The first kappa shape index (κ1) is 27.5. The summed E-state index contributed by atoms with van der Waals surface area (Å²) < 4.78 is 5.78. The average molecular weight is 449 g/mol. The SMILES string of the molecule is CNC(=O)[C@@H](NC(=O)[C@H](CCCCOc1ccc(C(C)(C)C)cc1)CC(=O)O)C(C)(C)C. The van der Waals surface area contributed by atoms with Gasteiger partial charge < -0.3 is 20.5 Å². The molecule has 2 atom stereocenters. The van der Waals surface area contributed by atoms with Gasteiger partial charge in [0, 0.05) is 13.0 Å². The molecule has 2 amide bonds. The molecular weight excluding hydrogens is 408 g/mol. The summed E-state index contributed by atoms with van der Waals surface area (Å²) in [5.74, 6) is -1.66. The van der Waals surface area contributed by atoms with Crippen molar-refractivity contribution in [2.75, 3.05) is 13.7 Å². The molecule has 3 N–H and O–H groups in total. The largest absolute Gasteiger partial charge is 0.494 e. The molecule has 0 radical (unpaired) electrons. The van der Waals surface area contributed by atoms with E-state index in [0.717, 1.165) is 5.75 Å². The van der Waals surface area contributed by atoms with Crippen LogP contribution >= 0.6 is 0 Å². The molecule has 1 aromatic carbocycles. The maximum absolute atomic E-state index is 12.8. The van der Waals surface area contributed by atoms with E-state index in [2.05, 4.69) is 43.5 Å². The van der Waals surface area contributed by atoms with E-state index in [0.29, 0.717) is 25.9 Å². The number of hydrogen-bond acceptors (Lipinski definition) is 4. The Kier molecular flexibility index (Phi) is 10.2. The summed E-state index contributed by atoms with van der Waals surface area (Å²) in [6, 6.07) is 7.27. The van der Waals surface area contributed by atoms with Gasteiger partial charge in [0.2, 0.25) is 11.8 Å². The van der Waals surface area contributed by atoms with Crippen molar-refractivity contribution < 1.29 is 24.2 Å². The van der Waals surface area contributed by atoms with E-state index in [4.69, 9.17) is 4.74 Å². The van der Waals surface area contributed by atoms with Crippen molar-refractivity contribution >= 4 is 17.8 Å². The predicted octanol–water partition coefficient (Wildman–Crippen LogP) is 3.90. The Hall–Kier alpha value is -2.57. The van der Waals surface area contributed by atoms with Gasteiger partial charge in [0.15, 0.2) is 0 Å². The molecule has 0 aliphatic rings. The molecule has 0 unspecified atom stereocenters. The second kappa shape index (κ2) is 11.9. The summed E-state index contributed by atoms with van der Waals surface area (Å²) in [4.78, 5) is 36.2. The fourth-order valence-corrected chi connectivity index (χ4v) is 3.35. The number of hydrogen-bond donors (Lipinski definition) is 3. The normalized spacial score (nSPS) is 13.7. The molecule has 0 spiro atoms. The van der Waals surface area contributed by atoms with Crippen LogP contribution in [0.5, 0.6) is 5.75 Å². The molecular formula is C25H40N2O5. The Bertz CT molecular complexity index is 760. The van der Waals surface area contributed by atoms with Gasteiger partial charge in [0.1, 0.15) is 11.8 Å². The Balaban J connectivity index is 2.60. The molecule has 0 aliphatic carbocycles. The highest BCUT2D eigenvalue weighted by molar-refractivity contribution is 5.90. The highest BCUT2D eigenvalue weighted by Crippen LogP contribution is 2.25. The summed E-state index contributed by atoms with van der Waals surface area (Å²) >= 11 is 0. The minimum atomic E-state index is -1.03. The van der Waals surface area contributed by atoms with Gasteiger partial charge in [-0.25, -0.2) is 0 Å². The summed E-state index contributed by atoms with van der Waals surface area (Å²) in [6.07, 6.45) is 1.48. The second-order valence-electron chi connectivity index (χ2n) is 10.3. The third-order valence-corrected chi connectivity index (χ3v) is 5.39. The molecule has 0 fully saturated rings. The number of carboxylic acid groups (broad SMARTS) is 1. The number of carbonyl (C=O) groups is 3. The molecule has 32 heavy (non-hydrogen) atoms. The van der Waals surface area contributed by atoms with Crippen molar-refractivity contribution in [3.8, 4) is 5.75 Å². The predicted molar refractivity (Wildman–Crippen MR) is 126 cm³/mol. The zero-order valence-corrected chi connectivity index (χ0v) is 20.6. The van der Waals surface area contributed by atoms with Crippen molar-refractivity contribution in [1.82, 2.24) is 10.6 Å². The van der Waals surface area contributed by atoms with Crippen molar-refractivity contribution in [3.63, 3.8) is 0 Å². The van der Waals surface area contributed by atoms with Crippen molar-refractivity contribution in [1.29, 1.82) is 0 Å². The van der Waals surface area contributed by atoms with E-state index >= 15 is 0 Å². The fourth-order valence-electron chi connectivity index (χ4n) is 3.35. The molecule has 180 valence electrons. The lowest BCUT2D eigenvalue weighted by Crippen LogP contribution is -2.54. The number of ether oxygens (including phenoxy) is 1. The van der Waals surface area contributed by atoms with E-state index in [1.165, 1.54) is 12.6 Å². The molecule has 0 saturated heterocycles. The zero-order valence-electron chi connectivity index (χ0n) is 20.6. The lowest BCUT2D eigenvalue weighted by Gasteiger charge is -2.31. The summed E-state index contributed by atoms with van der Waals surface area (Å²) in [7, 11) is 1.51. The standard InChI is InChI=1S/C25H40N2O5/c1-24(2,3)18-11-13-19(14-12-18)32-15-9-8-10-17(16-20(28)29)22(30)27-21(23(31)26-7)25(4,5)6/h11-14,17,21H,8-10,15-16H2,1-7H3,(H,26,31)(H,27,30)(H,28,29)/t17-,21-/m1/s1. The zero-order chi connectivity index (χ0) is 24.5. The average Bonchev–Trinajstić information content (AvgIpc) is 2.68. The minimum Gasteiger partial charge on any atom is -0.494 e. The highest BCUT2D eigenvalue weighted by atomic mass is 16.5. The molecule has 7 nitrogen and oxygen atoms in total. The van der Waals surface area contributed by atoms with Gasteiger partial charge in [0.05, 0.1) is 13.0 Å². The van der Waals surface area contributed by atoms with Gasteiger partial charge in [-0.05, 0) is 47.8 Å². The van der Waals surface area contributed by atoms with Gasteiger partial charge in [-0.2, -0.15) is 0 Å². The molecule has 1 rings (SSSR count). The number of likely N-dealkylation sites (N-methyl/N-ethyl adjacent to an activating group) is 1. The van der Waals surface area contributed by atoms with Gasteiger partial charge in [-0.3, -0.25) is 14.4 Å². The van der Waals surface area contributed by atoms with Crippen LogP contribution < -0.4 is 15.4 Å². The van der Waals surface area contributed by atoms with Crippen molar-refractivity contribution in [2.24, 2.45) is 11.3 Å². The van der Waals surface area contributed by atoms with E-state index < -0.39 is 29.3 Å². The van der Waals surface area contributed by atoms with E-state index in [1.807, 2.05) is 32.9 Å². The molecule has 0 saturated carbocycles. The van der Waals surface area contributed by atoms with Crippen LogP contribution in [0.4, 0.5) is 0 Å². The van der Waals surface area contributed by atoms with Crippen LogP contribution in [0.25, 0.3) is 0 Å². The molecule has 1 aromatic rings. The Morgan fingerprint density at radius 1 is 0.969 bits per heavy atom. The topological polar surface area (TPSA) is 105 Å². The lowest BCUT2D eigenvalue weighted by atomic mass is 9.85. The quantitative estimate of drug-likeness (QED) is 0.445. The molecule has 0 aromatic heterocycles. The maximum atomic E-state index is 12.8. The number of unbranched alkanes of at least 4 members (excludes halogenated alkanes) is 1. The van der Waals surface area contributed by atoms with Crippen LogP contribution in [0.15, 0.2) is 24.3 Å². The van der Waals surface area contributed by atoms with Crippen LogP contribution in [0.2, 0.25) is 0 Å². The first-order valence-corrected chi connectivity index (χ1v) is 11.2. The number of carboxylic acids is 1. The monoisotopic (exact) mass is 448 g/mol. The summed E-state index contributed by atoms with van der Waals surface area (Å²) in [5.41, 5.74) is 0.819. The molecule has 0 bridgehead atoms. The summed E-state index contributed by atoms with van der Waals surface area (Å²) in [5, 5.41) is 14.5. The fraction of sp³-hybridized carbons (Fsp3) is 0.640. The van der Waals surface area contributed by atoms with Gasteiger partial charge in [0.25, 0.3) is 0 Å². The molecule has 0 heterocycles. The third kappa shape index (κ3) is 9.28. The molecule has 0 aliphatic heterocycles. The number of nitrogens with one attached hydrogen (secondary N) is 2. The van der Waals surface area contributed by atoms with Crippen LogP contribution in [0, 0.1) is 11.3 Å². The molecule has 7 heteroatoms.